The van der Waals surface area contributed by atoms with Gasteiger partial charge in [-0.25, -0.2) is 0 Å². The van der Waals surface area contributed by atoms with Gasteiger partial charge in [-0.2, -0.15) is 0 Å². The Morgan fingerprint density at radius 2 is 1.72 bits per heavy atom. The molecule has 0 aliphatic heterocycles. The molecule has 0 radical (unpaired) electrons. The van der Waals surface area contributed by atoms with Gasteiger partial charge in [-0.1, -0.05) is 30.3 Å². The molecule has 1 atom stereocenters. The van der Waals surface area contributed by atoms with Crippen molar-refractivity contribution in [3.63, 3.8) is 0 Å². The van der Waals surface area contributed by atoms with Gasteiger partial charge in [-0.15, -0.1) is 0 Å². The van der Waals surface area contributed by atoms with Crippen molar-refractivity contribution >= 4 is 28.4 Å². The number of hydrogen-bond acceptors (Lipinski definition) is 3. The molecule has 0 saturated heterocycles. The van der Waals surface area contributed by atoms with Crippen molar-refractivity contribution in [3.05, 3.63) is 83.9 Å². The topological polar surface area (TPSA) is 83.2 Å². The molecule has 4 aromatic rings. The standard InChI is InChI=1S/C30H31N3O3/c1-19(20-9-13-23(14-10-20)32-30(35)22-7-8-22)31-28(34)18-17-26-25-5-3-4-6-27(25)33-29(26)21-11-15-24(36-2)16-12-21/h3-6,9-16,19,22,33H,7-8,17-18H2,1-2H3,(H,31,34)(H,32,35). The Morgan fingerprint density at radius 3 is 2.42 bits per heavy atom. The number of carbonyl (C=O) groups excluding carboxylic acids is 2. The molecule has 5 rings (SSSR count). The highest BCUT2D eigenvalue weighted by Crippen LogP contribution is 2.33. The van der Waals surface area contributed by atoms with Gasteiger partial charge >= 0.3 is 0 Å². The molecule has 2 amide bonds. The molecule has 1 saturated carbocycles. The van der Waals surface area contributed by atoms with Gasteiger partial charge in [0.1, 0.15) is 5.75 Å². The van der Waals surface area contributed by atoms with Crippen molar-refractivity contribution in [2.24, 2.45) is 5.92 Å². The number of anilines is 1. The highest BCUT2D eigenvalue weighted by molar-refractivity contribution is 5.94. The van der Waals surface area contributed by atoms with E-state index in [1.165, 1.54) is 0 Å². The molecule has 0 spiro atoms. The number of methoxy groups -OCH3 is 1. The number of H-pyrrole nitrogens is 1. The molecule has 1 fully saturated rings. The second-order valence-electron chi connectivity index (χ2n) is 9.43. The number of aromatic amines is 1. The van der Waals surface area contributed by atoms with Crippen LogP contribution in [0.15, 0.2) is 72.8 Å². The van der Waals surface area contributed by atoms with Gasteiger partial charge in [-0.3, -0.25) is 9.59 Å². The second kappa shape index (κ2) is 10.3. The van der Waals surface area contributed by atoms with Crippen molar-refractivity contribution in [2.45, 2.75) is 38.6 Å². The first kappa shape index (κ1) is 23.7. The zero-order chi connectivity index (χ0) is 25.1. The Labute approximate surface area is 211 Å². The zero-order valence-electron chi connectivity index (χ0n) is 20.6. The van der Waals surface area contributed by atoms with Crippen molar-refractivity contribution in [1.82, 2.24) is 10.3 Å². The van der Waals surface area contributed by atoms with E-state index in [-0.39, 0.29) is 23.8 Å². The van der Waals surface area contributed by atoms with Crippen LogP contribution in [-0.2, 0) is 16.0 Å². The summed E-state index contributed by atoms with van der Waals surface area (Å²) < 4.78 is 5.30. The fourth-order valence-electron chi connectivity index (χ4n) is 4.54. The average molecular weight is 482 g/mol. The average Bonchev–Trinajstić information content (AvgIpc) is 3.69. The number of ether oxygens (including phenoxy) is 1. The van der Waals surface area contributed by atoms with Crippen LogP contribution < -0.4 is 15.4 Å². The summed E-state index contributed by atoms with van der Waals surface area (Å²) in [5.74, 6) is 1.07. The maximum Gasteiger partial charge on any atom is 0.227 e. The summed E-state index contributed by atoms with van der Waals surface area (Å²) >= 11 is 0. The molecule has 36 heavy (non-hydrogen) atoms. The number of aryl methyl sites for hydroxylation is 1. The van der Waals surface area contributed by atoms with Crippen molar-refractivity contribution in [1.29, 1.82) is 0 Å². The zero-order valence-corrected chi connectivity index (χ0v) is 20.6. The summed E-state index contributed by atoms with van der Waals surface area (Å²) in [5.41, 5.74) is 6.07. The van der Waals surface area contributed by atoms with E-state index in [4.69, 9.17) is 4.74 Å². The number of aromatic nitrogens is 1. The van der Waals surface area contributed by atoms with Gasteiger partial charge in [0.15, 0.2) is 0 Å². The van der Waals surface area contributed by atoms with E-state index in [1.54, 1.807) is 7.11 Å². The summed E-state index contributed by atoms with van der Waals surface area (Å²) in [4.78, 5) is 28.4. The Hall–Kier alpha value is -4.06. The number of hydrogen-bond donors (Lipinski definition) is 3. The number of fused-ring (bicyclic) bond motifs is 1. The van der Waals surface area contributed by atoms with Gasteiger partial charge in [0.05, 0.1) is 13.2 Å². The summed E-state index contributed by atoms with van der Waals surface area (Å²) in [7, 11) is 1.66. The minimum atomic E-state index is -0.130. The maximum absolute atomic E-state index is 12.9. The Balaban J connectivity index is 1.25. The van der Waals surface area contributed by atoms with Crippen LogP contribution in [0.25, 0.3) is 22.2 Å². The SMILES string of the molecule is COc1ccc(-c2[nH]c3ccccc3c2CCC(=O)NC(C)c2ccc(NC(=O)C3CC3)cc2)cc1. The molecule has 1 heterocycles. The van der Waals surface area contributed by atoms with E-state index >= 15 is 0 Å². The Morgan fingerprint density at radius 1 is 1.00 bits per heavy atom. The van der Waals surface area contributed by atoms with Crippen LogP contribution >= 0.6 is 0 Å². The molecule has 3 N–H and O–H groups in total. The fraction of sp³-hybridized carbons (Fsp3) is 0.267. The van der Waals surface area contributed by atoms with E-state index in [2.05, 4.69) is 27.8 Å². The summed E-state index contributed by atoms with van der Waals surface area (Å²) in [6, 6.07) is 23.7. The number of carbonyl (C=O) groups is 2. The monoisotopic (exact) mass is 481 g/mol. The van der Waals surface area contributed by atoms with Crippen LogP contribution in [0.1, 0.15) is 43.4 Å². The van der Waals surface area contributed by atoms with E-state index in [1.807, 2.05) is 67.6 Å². The lowest BCUT2D eigenvalue weighted by atomic mass is 10.0. The molecule has 1 aliphatic carbocycles. The number of benzene rings is 3. The van der Waals surface area contributed by atoms with Crippen LogP contribution in [0.4, 0.5) is 5.69 Å². The third-order valence-electron chi connectivity index (χ3n) is 6.80. The molecule has 1 aliphatic rings. The molecule has 6 heteroatoms. The third-order valence-corrected chi connectivity index (χ3v) is 6.80. The van der Waals surface area contributed by atoms with E-state index < -0.39 is 0 Å². The first-order valence-corrected chi connectivity index (χ1v) is 12.5. The first-order chi connectivity index (χ1) is 17.5. The third kappa shape index (κ3) is 5.28. The van der Waals surface area contributed by atoms with E-state index in [9.17, 15) is 9.59 Å². The molecule has 1 aromatic heterocycles. The molecular weight excluding hydrogens is 450 g/mol. The summed E-state index contributed by atoms with van der Waals surface area (Å²) in [5, 5.41) is 7.20. The van der Waals surface area contributed by atoms with Crippen LogP contribution in [0.2, 0.25) is 0 Å². The summed E-state index contributed by atoms with van der Waals surface area (Å²) in [6.07, 6.45) is 2.96. The smallest absolute Gasteiger partial charge is 0.227 e. The Kier molecular flexibility index (Phi) is 6.76. The lowest BCUT2D eigenvalue weighted by Gasteiger charge is -2.15. The van der Waals surface area contributed by atoms with Crippen LogP contribution in [0, 0.1) is 5.92 Å². The van der Waals surface area contributed by atoms with E-state index in [0.29, 0.717) is 12.8 Å². The van der Waals surface area contributed by atoms with Gasteiger partial charge in [-0.05, 0) is 85.3 Å². The van der Waals surface area contributed by atoms with Gasteiger partial charge in [0.25, 0.3) is 0 Å². The van der Waals surface area contributed by atoms with Crippen LogP contribution in [0.5, 0.6) is 5.75 Å². The highest BCUT2D eigenvalue weighted by Gasteiger charge is 2.29. The molecule has 184 valence electrons. The quantitative estimate of drug-likeness (QED) is 0.274. The maximum atomic E-state index is 12.9. The molecular formula is C30H31N3O3. The van der Waals surface area contributed by atoms with Crippen molar-refractivity contribution in [3.8, 4) is 17.0 Å². The van der Waals surface area contributed by atoms with Crippen LogP contribution in [-0.4, -0.2) is 23.9 Å². The minimum absolute atomic E-state index is 0.000394. The first-order valence-electron chi connectivity index (χ1n) is 12.5. The molecule has 0 bridgehead atoms. The lowest BCUT2D eigenvalue weighted by molar-refractivity contribution is -0.121. The normalized spacial score (nSPS) is 13.8. The van der Waals surface area contributed by atoms with Crippen molar-refractivity contribution < 1.29 is 14.3 Å². The predicted octanol–water partition coefficient (Wildman–Crippen LogP) is 6.00. The minimum Gasteiger partial charge on any atom is -0.497 e. The lowest BCUT2D eigenvalue weighted by Crippen LogP contribution is -2.26. The molecule has 3 aromatic carbocycles. The van der Waals surface area contributed by atoms with Gasteiger partial charge in [0, 0.05) is 34.6 Å². The number of rotatable bonds is 9. The second-order valence-corrected chi connectivity index (χ2v) is 9.43. The number of para-hydroxylation sites is 1. The van der Waals surface area contributed by atoms with E-state index in [0.717, 1.165) is 57.6 Å². The van der Waals surface area contributed by atoms with Gasteiger partial charge < -0.3 is 20.4 Å². The Bertz CT molecular complexity index is 1370. The highest BCUT2D eigenvalue weighted by atomic mass is 16.5. The molecule has 1 unspecified atom stereocenters. The van der Waals surface area contributed by atoms with Gasteiger partial charge in [0.2, 0.25) is 11.8 Å². The van der Waals surface area contributed by atoms with Crippen LogP contribution in [0.3, 0.4) is 0 Å². The number of nitrogens with one attached hydrogen (secondary N) is 3. The fourth-order valence-corrected chi connectivity index (χ4v) is 4.54. The van der Waals surface area contributed by atoms with Crippen molar-refractivity contribution in [2.75, 3.05) is 12.4 Å². The predicted molar refractivity (Wildman–Crippen MR) is 143 cm³/mol. The molecule has 6 nitrogen and oxygen atoms in total. The largest absolute Gasteiger partial charge is 0.497 e. The number of amides is 2. The summed E-state index contributed by atoms with van der Waals surface area (Å²) in [6.45, 7) is 1.98.